The van der Waals surface area contributed by atoms with Gasteiger partial charge in [-0.05, 0) is 30.5 Å². The van der Waals surface area contributed by atoms with E-state index >= 15 is 0 Å². The molecule has 0 radical (unpaired) electrons. The van der Waals surface area contributed by atoms with Gasteiger partial charge in [-0.3, -0.25) is 24.3 Å². The summed E-state index contributed by atoms with van der Waals surface area (Å²) in [6.45, 7) is 3.77. The molecule has 144 valence electrons. The van der Waals surface area contributed by atoms with Crippen LogP contribution >= 0.6 is 0 Å². The monoisotopic (exact) mass is 380 g/mol. The minimum Gasteiger partial charge on any atom is -0.348 e. The molecular formula is C20H20N4O4. The first-order chi connectivity index (χ1) is 13.4. The fraction of sp³-hybridized carbons (Fsp3) is 0.250. The van der Waals surface area contributed by atoms with Crippen LogP contribution in [0.4, 0.5) is 5.69 Å². The van der Waals surface area contributed by atoms with E-state index in [4.69, 9.17) is 0 Å². The minimum absolute atomic E-state index is 0.141. The number of nitrogens with one attached hydrogen (secondary N) is 1. The van der Waals surface area contributed by atoms with E-state index in [9.17, 15) is 19.7 Å². The number of nitrogens with zero attached hydrogens (tertiary/aromatic N) is 3. The Labute approximate surface area is 161 Å². The zero-order chi connectivity index (χ0) is 20.3. The number of hydrogen-bond acceptors (Lipinski definition) is 5. The van der Waals surface area contributed by atoms with Crippen molar-refractivity contribution in [1.29, 1.82) is 0 Å². The molecule has 1 N–H and O–H groups in total. The maximum Gasteiger partial charge on any atom is 0.271 e. The second kappa shape index (κ2) is 7.99. The van der Waals surface area contributed by atoms with Gasteiger partial charge in [0.25, 0.3) is 11.2 Å². The highest BCUT2D eigenvalue weighted by molar-refractivity contribution is 5.80. The van der Waals surface area contributed by atoms with Crippen LogP contribution < -0.4 is 10.9 Å². The highest BCUT2D eigenvalue weighted by atomic mass is 16.6. The summed E-state index contributed by atoms with van der Waals surface area (Å²) in [7, 11) is 0. The Bertz CT molecular complexity index is 1090. The van der Waals surface area contributed by atoms with Crippen LogP contribution in [0.1, 0.15) is 31.0 Å². The van der Waals surface area contributed by atoms with E-state index in [1.54, 1.807) is 0 Å². The molecule has 0 aliphatic carbocycles. The summed E-state index contributed by atoms with van der Waals surface area (Å²) in [5, 5.41) is 13.9. The molecule has 1 aromatic heterocycles. The van der Waals surface area contributed by atoms with Crippen LogP contribution in [0.2, 0.25) is 0 Å². The SMILES string of the molecule is CCc1ccc(C(C)NC(=O)Cn2cnc3cc([N+](=O)[O-])ccc3c2=O)cc1. The van der Waals surface area contributed by atoms with Crippen LogP contribution in [0.25, 0.3) is 10.9 Å². The number of rotatable bonds is 6. The second-order valence-corrected chi connectivity index (χ2v) is 6.52. The Morgan fingerprint density at radius 3 is 2.61 bits per heavy atom. The molecule has 3 aromatic rings. The van der Waals surface area contributed by atoms with Crippen LogP contribution in [0.15, 0.2) is 53.6 Å². The largest absolute Gasteiger partial charge is 0.348 e. The van der Waals surface area contributed by atoms with Crippen LogP contribution in [0.5, 0.6) is 0 Å². The van der Waals surface area contributed by atoms with Gasteiger partial charge in [-0.15, -0.1) is 0 Å². The van der Waals surface area contributed by atoms with Crippen molar-refractivity contribution in [2.75, 3.05) is 0 Å². The third-order valence-corrected chi connectivity index (χ3v) is 4.60. The molecule has 1 amide bonds. The van der Waals surface area contributed by atoms with Gasteiger partial charge in [0.15, 0.2) is 0 Å². The van der Waals surface area contributed by atoms with Gasteiger partial charge in [0, 0.05) is 12.1 Å². The number of hydrogen-bond donors (Lipinski definition) is 1. The van der Waals surface area contributed by atoms with Crippen molar-refractivity contribution >= 4 is 22.5 Å². The lowest BCUT2D eigenvalue weighted by Crippen LogP contribution is -2.34. The van der Waals surface area contributed by atoms with E-state index < -0.39 is 10.5 Å². The summed E-state index contributed by atoms with van der Waals surface area (Å²) in [5.74, 6) is -0.322. The maximum absolute atomic E-state index is 12.5. The normalized spacial score (nSPS) is 11.9. The van der Waals surface area contributed by atoms with Crippen molar-refractivity contribution < 1.29 is 9.72 Å². The summed E-state index contributed by atoms with van der Waals surface area (Å²) in [6, 6.07) is 11.6. The van der Waals surface area contributed by atoms with E-state index in [2.05, 4.69) is 17.2 Å². The van der Waals surface area contributed by atoms with Gasteiger partial charge < -0.3 is 5.32 Å². The Kier molecular flexibility index (Phi) is 5.49. The van der Waals surface area contributed by atoms with Crippen molar-refractivity contribution in [2.24, 2.45) is 0 Å². The van der Waals surface area contributed by atoms with E-state index in [0.717, 1.165) is 12.0 Å². The molecule has 8 heteroatoms. The minimum atomic E-state index is -0.547. The fourth-order valence-electron chi connectivity index (χ4n) is 2.94. The smallest absolute Gasteiger partial charge is 0.271 e. The lowest BCUT2D eigenvalue weighted by atomic mass is 10.1. The lowest BCUT2D eigenvalue weighted by molar-refractivity contribution is -0.384. The first-order valence-corrected chi connectivity index (χ1v) is 8.91. The van der Waals surface area contributed by atoms with Crippen molar-refractivity contribution in [3.8, 4) is 0 Å². The van der Waals surface area contributed by atoms with E-state index in [1.165, 1.54) is 34.7 Å². The highest BCUT2D eigenvalue weighted by Gasteiger charge is 2.14. The molecule has 8 nitrogen and oxygen atoms in total. The average Bonchev–Trinajstić information content (AvgIpc) is 2.69. The standard InChI is InChI=1S/C20H20N4O4/c1-3-14-4-6-15(7-5-14)13(2)22-19(25)11-23-12-21-18-10-16(24(27)28)8-9-17(18)20(23)26/h4-10,12-13H,3,11H2,1-2H3,(H,22,25). The quantitative estimate of drug-likeness (QED) is 0.523. The van der Waals surface area contributed by atoms with Gasteiger partial charge >= 0.3 is 0 Å². The van der Waals surface area contributed by atoms with E-state index in [0.29, 0.717) is 0 Å². The second-order valence-electron chi connectivity index (χ2n) is 6.52. The molecule has 28 heavy (non-hydrogen) atoms. The number of benzene rings is 2. The zero-order valence-electron chi connectivity index (χ0n) is 15.6. The zero-order valence-corrected chi connectivity index (χ0v) is 15.6. The van der Waals surface area contributed by atoms with Gasteiger partial charge in [-0.1, -0.05) is 31.2 Å². The van der Waals surface area contributed by atoms with Crippen LogP contribution in [-0.2, 0) is 17.8 Å². The first kappa shape index (κ1) is 19.2. The molecule has 0 bridgehead atoms. The average molecular weight is 380 g/mol. The number of aryl methyl sites for hydroxylation is 1. The third-order valence-electron chi connectivity index (χ3n) is 4.60. The van der Waals surface area contributed by atoms with Crippen molar-refractivity contribution in [2.45, 2.75) is 32.9 Å². The Morgan fingerprint density at radius 1 is 1.25 bits per heavy atom. The van der Waals surface area contributed by atoms with Crippen molar-refractivity contribution in [3.05, 3.63) is 80.4 Å². The summed E-state index contributed by atoms with van der Waals surface area (Å²) >= 11 is 0. The molecule has 0 fully saturated rings. The molecule has 0 aliphatic rings. The van der Waals surface area contributed by atoms with Gasteiger partial charge in [0.2, 0.25) is 5.91 Å². The van der Waals surface area contributed by atoms with E-state index in [1.807, 2.05) is 31.2 Å². The number of nitro groups is 1. The summed E-state index contributed by atoms with van der Waals surface area (Å²) < 4.78 is 1.19. The van der Waals surface area contributed by atoms with Crippen molar-refractivity contribution in [1.82, 2.24) is 14.9 Å². The van der Waals surface area contributed by atoms with Gasteiger partial charge in [0.1, 0.15) is 6.54 Å². The maximum atomic E-state index is 12.5. The van der Waals surface area contributed by atoms with Gasteiger partial charge in [-0.2, -0.15) is 0 Å². The molecule has 0 aliphatic heterocycles. The molecule has 0 saturated heterocycles. The Balaban J connectivity index is 1.75. The molecule has 0 saturated carbocycles. The van der Waals surface area contributed by atoms with E-state index in [-0.39, 0.29) is 35.1 Å². The van der Waals surface area contributed by atoms with Crippen LogP contribution in [0, 0.1) is 10.1 Å². The number of amides is 1. The number of nitro benzene ring substituents is 1. The number of aromatic nitrogens is 2. The molecule has 1 atom stereocenters. The summed E-state index contributed by atoms with van der Waals surface area (Å²) in [4.78, 5) is 39.3. The topological polar surface area (TPSA) is 107 Å². The third kappa shape index (κ3) is 4.06. The number of carbonyl (C=O) groups excluding carboxylic acids is 1. The number of non-ortho nitro benzene ring substituents is 1. The predicted molar refractivity (Wildman–Crippen MR) is 105 cm³/mol. The van der Waals surface area contributed by atoms with Gasteiger partial charge in [-0.25, -0.2) is 4.98 Å². The Morgan fingerprint density at radius 2 is 1.96 bits per heavy atom. The molecular weight excluding hydrogens is 360 g/mol. The number of carbonyl (C=O) groups is 1. The van der Waals surface area contributed by atoms with Crippen LogP contribution in [-0.4, -0.2) is 20.4 Å². The highest BCUT2D eigenvalue weighted by Crippen LogP contribution is 2.16. The number of fused-ring (bicyclic) bond motifs is 1. The van der Waals surface area contributed by atoms with Crippen molar-refractivity contribution in [3.63, 3.8) is 0 Å². The fourth-order valence-corrected chi connectivity index (χ4v) is 2.94. The summed E-state index contributed by atoms with van der Waals surface area (Å²) in [6.07, 6.45) is 2.18. The lowest BCUT2D eigenvalue weighted by Gasteiger charge is -2.15. The predicted octanol–water partition coefficient (Wildman–Crippen LogP) is 2.74. The molecule has 3 rings (SSSR count). The molecule has 1 unspecified atom stereocenters. The molecule has 1 heterocycles. The first-order valence-electron chi connectivity index (χ1n) is 8.91. The Hall–Kier alpha value is -3.55. The van der Waals surface area contributed by atoms with Gasteiger partial charge in [0.05, 0.1) is 28.2 Å². The summed E-state index contributed by atoms with van der Waals surface area (Å²) in [5.41, 5.74) is 1.85. The molecule has 0 spiro atoms. The molecule has 2 aromatic carbocycles. The van der Waals surface area contributed by atoms with Crippen LogP contribution in [0.3, 0.4) is 0 Å².